The average Bonchev–Trinajstić information content (AvgIpc) is 2.90. The first-order chi connectivity index (χ1) is 10.2. The van der Waals surface area contributed by atoms with Crippen molar-refractivity contribution in [3.8, 4) is 0 Å². The van der Waals surface area contributed by atoms with Gasteiger partial charge in [-0.05, 0) is 36.7 Å². The van der Waals surface area contributed by atoms with Crippen molar-refractivity contribution in [3.63, 3.8) is 0 Å². The summed E-state index contributed by atoms with van der Waals surface area (Å²) in [7, 11) is 1.75. The van der Waals surface area contributed by atoms with Gasteiger partial charge in [0, 0.05) is 13.2 Å². The highest BCUT2D eigenvalue weighted by Gasteiger charge is 2.25. The fraction of sp³-hybridized carbons (Fsp3) is 0.462. The topological polar surface area (TPSA) is 64.7 Å². The second-order valence-corrected chi connectivity index (χ2v) is 5.79. The van der Waals surface area contributed by atoms with Crippen LogP contribution < -0.4 is 5.32 Å². The Bertz CT molecular complexity index is 710. The summed E-state index contributed by atoms with van der Waals surface area (Å²) in [5.74, 6) is -0.352. The van der Waals surface area contributed by atoms with Gasteiger partial charge in [-0.25, -0.2) is 8.78 Å². The molecule has 1 atom stereocenters. The van der Waals surface area contributed by atoms with Crippen molar-refractivity contribution in [2.75, 3.05) is 5.32 Å². The molecule has 2 aromatic rings. The summed E-state index contributed by atoms with van der Waals surface area (Å²) in [6.07, 6.45) is -1.03. The minimum absolute atomic E-state index is 0.222. The Labute approximate surface area is 134 Å². The van der Waals surface area contributed by atoms with Crippen LogP contribution in [0.4, 0.5) is 14.5 Å². The zero-order valence-electron chi connectivity index (χ0n) is 12.6. The van der Waals surface area contributed by atoms with Crippen LogP contribution in [0.3, 0.4) is 0 Å². The molecule has 0 aliphatic carbocycles. The lowest BCUT2D eigenvalue weighted by Gasteiger charge is -2.14. The first-order valence-corrected chi connectivity index (χ1v) is 7.35. The molecule has 0 unspecified atom stereocenters. The van der Waals surface area contributed by atoms with Gasteiger partial charge in [-0.2, -0.15) is 10.2 Å². The Balaban J connectivity index is 2.24. The smallest absolute Gasteiger partial charge is 0.283 e. The van der Waals surface area contributed by atoms with E-state index in [0.29, 0.717) is 17.1 Å². The van der Waals surface area contributed by atoms with Gasteiger partial charge in [0.2, 0.25) is 5.91 Å². The standard InChI is InChI=1S/C13H16BrF2N5O/c1-6-9(5-20(4)18-6)17-13(22)8(3)21-7(2)10(14)11(19-21)12(15)16/h5,8,12H,1-4H3,(H,17,22)/t8-/m1/s1. The van der Waals surface area contributed by atoms with E-state index >= 15 is 0 Å². The fourth-order valence-electron chi connectivity index (χ4n) is 2.11. The predicted molar refractivity (Wildman–Crippen MR) is 80.9 cm³/mol. The van der Waals surface area contributed by atoms with Crippen LogP contribution >= 0.6 is 15.9 Å². The van der Waals surface area contributed by atoms with Crippen LogP contribution in [0.5, 0.6) is 0 Å². The number of hydrogen-bond donors (Lipinski definition) is 1. The second kappa shape index (κ2) is 6.15. The van der Waals surface area contributed by atoms with Gasteiger partial charge in [-0.3, -0.25) is 14.2 Å². The monoisotopic (exact) mass is 375 g/mol. The molecule has 2 aromatic heterocycles. The molecule has 0 spiro atoms. The fourth-order valence-corrected chi connectivity index (χ4v) is 2.54. The summed E-state index contributed by atoms with van der Waals surface area (Å²) in [6, 6.07) is -0.733. The van der Waals surface area contributed by atoms with Crippen LogP contribution in [0.1, 0.15) is 36.5 Å². The van der Waals surface area contributed by atoms with Gasteiger partial charge in [0.1, 0.15) is 11.7 Å². The third kappa shape index (κ3) is 3.03. The Morgan fingerprint density at radius 2 is 2.00 bits per heavy atom. The van der Waals surface area contributed by atoms with E-state index in [1.165, 1.54) is 4.68 Å². The zero-order chi connectivity index (χ0) is 16.6. The number of nitrogens with one attached hydrogen (secondary N) is 1. The maximum Gasteiger partial charge on any atom is 0.283 e. The highest BCUT2D eigenvalue weighted by Crippen LogP contribution is 2.30. The second-order valence-electron chi connectivity index (χ2n) is 5.00. The largest absolute Gasteiger partial charge is 0.321 e. The van der Waals surface area contributed by atoms with E-state index in [2.05, 4.69) is 31.4 Å². The van der Waals surface area contributed by atoms with Gasteiger partial charge in [-0.1, -0.05) is 0 Å². The minimum Gasteiger partial charge on any atom is -0.321 e. The van der Waals surface area contributed by atoms with Crippen molar-refractivity contribution in [1.29, 1.82) is 0 Å². The summed E-state index contributed by atoms with van der Waals surface area (Å²) < 4.78 is 28.8. The van der Waals surface area contributed by atoms with E-state index in [1.54, 1.807) is 38.7 Å². The normalized spacial score (nSPS) is 12.7. The zero-order valence-corrected chi connectivity index (χ0v) is 14.1. The molecular weight excluding hydrogens is 360 g/mol. The molecule has 1 N–H and O–H groups in total. The number of carbonyl (C=O) groups is 1. The number of carbonyl (C=O) groups excluding carboxylic acids is 1. The molecule has 2 rings (SSSR count). The number of anilines is 1. The van der Waals surface area contributed by atoms with Crippen molar-refractivity contribution >= 4 is 27.5 Å². The molecule has 6 nitrogen and oxygen atoms in total. The molecule has 2 heterocycles. The third-order valence-electron chi connectivity index (χ3n) is 3.33. The molecule has 0 aliphatic heterocycles. The van der Waals surface area contributed by atoms with Crippen molar-refractivity contribution in [2.24, 2.45) is 7.05 Å². The van der Waals surface area contributed by atoms with Gasteiger partial charge in [-0.15, -0.1) is 0 Å². The molecule has 0 aromatic carbocycles. The van der Waals surface area contributed by atoms with Gasteiger partial charge >= 0.3 is 0 Å². The number of rotatable bonds is 4. The summed E-state index contributed by atoms with van der Waals surface area (Å²) >= 11 is 3.09. The van der Waals surface area contributed by atoms with Crippen molar-refractivity contribution in [1.82, 2.24) is 19.6 Å². The van der Waals surface area contributed by atoms with Gasteiger partial charge in [0.25, 0.3) is 6.43 Å². The molecular formula is C13H16BrF2N5O. The van der Waals surface area contributed by atoms with Gasteiger partial charge < -0.3 is 5.32 Å². The Hall–Kier alpha value is -1.77. The molecule has 1 amide bonds. The summed E-state index contributed by atoms with van der Waals surface area (Å²) in [4.78, 5) is 12.3. The van der Waals surface area contributed by atoms with Gasteiger partial charge in [0.05, 0.1) is 21.5 Å². The van der Waals surface area contributed by atoms with Crippen LogP contribution in [-0.4, -0.2) is 25.5 Å². The average molecular weight is 376 g/mol. The van der Waals surface area contributed by atoms with Crippen molar-refractivity contribution in [2.45, 2.75) is 33.2 Å². The molecule has 0 radical (unpaired) electrons. The molecule has 9 heteroatoms. The molecule has 0 fully saturated rings. The first kappa shape index (κ1) is 16.6. The summed E-state index contributed by atoms with van der Waals surface area (Å²) in [6.45, 7) is 5.00. The number of alkyl halides is 2. The summed E-state index contributed by atoms with van der Waals surface area (Å²) in [5.41, 5.74) is 1.36. The van der Waals surface area contributed by atoms with Crippen LogP contribution in [0, 0.1) is 13.8 Å². The van der Waals surface area contributed by atoms with E-state index in [-0.39, 0.29) is 16.1 Å². The van der Waals surface area contributed by atoms with Gasteiger partial charge in [0.15, 0.2) is 0 Å². The van der Waals surface area contributed by atoms with Crippen LogP contribution in [0.2, 0.25) is 0 Å². The lowest BCUT2D eigenvalue weighted by molar-refractivity contribution is -0.119. The Kier molecular flexibility index (Phi) is 4.64. The maximum atomic E-state index is 12.9. The molecule has 0 saturated heterocycles. The molecule has 0 bridgehead atoms. The number of amides is 1. The molecule has 0 saturated carbocycles. The number of nitrogens with zero attached hydrogens (tertiary/aromatic N) is 4. The number of aryl methyl sites for hydroxylation is 2. The van der Waals surface area contributed by atoms with Crippen LogP contribution in [0.25, 0.3) is 0 Å². The van der Waals surface area contributed by atoms with E-state index in [9.17, 15) is 13.6 Å². The number of halogens is 3. The third-order valence-corrected chi connectivity index (χ3v) is 4.31. The Morgan fingerprint density at radius 3 is 2.45 bits per heavy atom. The molecule has 22 heavy (non-hydrogen) atoms. The number of aromatic nitrogens is 4. The molecule has 0 aliphatic rings. The highest BCUT2D eigenvalue weighted by atomic mass is 79.9. The maximum absolute atomic E-state index is 12.9. The van der Waals surface area contributed by atoms with E-state index < -0.39 is 12.5 Å². The van der Waals surface area contributed by atoms with E-state index in [0.717, 1.165) is 0 Å². The highest BCUT2D eigenvalue weighted by molar-refractivity contribution is 9.10. The van der Waals surface area contributed by atoms with Crippen molar-refractivity contribution < 1.29 is 13.6 Å². The lowest BCUT2D eigenvalue weighted by atomic mass is 10.3. The Morgan fingerprint density at radius 1 is 1.36 bits per heavy atom. The minimum atomic E-state index is -2.70. The van der Waals surface area contributed by atoms with Crippen LogP contribution in [0.15, 0.2) is 10.7 Å². The summed E-state index contributed by atoms with van der Waals surface area (Å²) in [5, 5.41) is 10.7. The SMILES string of the molecule is Cc1nn(C)cc1NC(=O)[C@@H](C)n1nc(C(F)F)c(Br)c1C. The lowest BCUT2D eigenvalue weighted by Crippen LogP contribution is -2.25. The quantitative estimate of drug-likeness (QED) is 0.892. The molecule has 120 valence electrons. The number of hydrogen-bond acceptors (Lipinski definition) is 3. The first-order valence-electron chi connectivity index (χ1n) is 6.56. The predicted octanol–water partition coefficient (Wildman–Crippen LogP) is 3.13. The van der Waals surface area contributed by atoms with Crippen molar-refractivity contribution in [3.05, 3.63) is 27.8 Å². The van der Waals surface area contributed by atoms with Crippen LogP contribution in [-0.2, 0) is 11.8 Å². The van der Waals surface area contributed by atoms with E-state index in [1.807, 2.05) is 0 Å². The van der Waals surface area contributed by atoms with E-state index in [4.69, 9.17) is 0 Å².